The van der Waals surface area contributed by atoms with Crippen LogP contribution in [0.1, 0.15) is 12.5 Å². The third-order valence-electron chi connectivity index (χ3n) is 3.74. The molecule has 0 bridgehead atoms. The predicted molar refractivity (Wildman–Crippen MR) is 117 cm³/mol. The molecule has 0 aliphatic rings. The van der Waals surface area contributed by atoms with Gasteiger partial charge in [0.1, 0.15) is 16.4 Å². The molecule has 0 saturated carbocycles. The van der Waals surface area contributed by atoms with Crippen molar-refractivity contribution in [1.29, 1.82) is 0 Å². The molecule has 3 rings (SSSR count). The highest BCUT2D eigenvalue weighted by atomic mass is 35.5. The molecule has 0 atom stereocenters. The Morgan fingerprint density at radius 2 is 1.83 bits per heavy atom. The predicted octanol–water partition coefficient (Wildman–Crippen LogP) is 5.40. The molecule has 0 aliphatic heterocycles. The highest BCUT2D eigenvalue weighted by Crippen LogP contribution is 2.36. The molecule has 2 aromatic carbocycles. The molecule has 0 saturated heterocycles. The zero-order chi connectivity index (χ0) is 21.0. The lowest BCUT2D eigenvalue weighted by atomic mass is 10.1. The minimum atomic E-state index is -0.408. The van der Waals surface area contributed by atoms with Crippen LogP contribution in [-0.2, 0) is 9.59 Å². The average molecular weight is 450 g/mol. The molecule has 0 aliphatic carbocycles. The molecule has 1 heterocycles. The molecule has 150 valence electrons. The topological polar surface area (TPSA) is 80.3 Å². The number of anilines is 2. The van der Waals surface area contributed by atoms with Gasteiger partial charge in [0.25, 0.3) is 5.91 Å². The molecular weight excluding hydrogens is 433 g/mol. The summed E-state index contributed by atoms with van der Waals surface area (Å²) in [6, 6.07) is 12.5. The zero-order valence-electron chi connectivity index (χ0n) is 15.6. The summed E-state index contributed by atoms with van der Waals surface area (Å²) in [5.41, 5.74) is 2.53. The van der Waals surface area contributed by atoms with Gasteiger partial charge in [-0.05, 0) is 25.1 Å². The number of aromatic nitrogens is 1. The molecular formula is C20H17Cl2N3O3S. The summed E-state index contributed by atoms with van der Waals surface area (Å²) in [6.45, 7) is 3.15. The number of nitrogens with one attached hydrogen (secondary N) is 2. The number of thiazole rings is 1. The van der Waals surface area contributed by atoms with Crippen LogP contribution in [0, 0.1) is 6.92 Å². The summed E-state index contributed by atoms with van der Waals surface area (Å²) in [5, 5.41) is 7.13. The van der Waals surface area contributed by atoms with Gasteiger partial charge in [-0.15, -0.1) is 0 Å². The lowest BCUT2D eigenvalue weighted by Gasteiger charge is -2.07. The van der Waals surface area contributed by atoms with Gasteiger partial charge >= 0.3 is 0 Å². The molecule has 0 unspecified atom stereocenters. The van der Waals surface area contributed by atoms with E-state index in [9.17, 15) is 9.59 Å². The Kier molecular flexibility index (Phi) is 6.74. The summed E-state index contributed by atoms with van der Waals surface area (Å²) < 4.78 is 5.43. The fourth-order valence-corrected chi connectivity index (χ4v) is 3.83. The van der Waals surface area contributed by atoms with Crippen LogP contribution in [0.2, 0.25) is 10.0 Å². The van der Waals surface area contributed by atoms with Gasteiger partial charge in [-0.25, -0.2) is 4.98 Å². The summed E-state index contributed by atoms with van der Waals surface area (Å²) in [7, 11) is 0. The third-order valence-corrected chi connectivity index (χ3v) is 5.16. The number of aryl methyl sites for hydroxylation is 1. The largest absolute Gasteiger partial charge is 0.482 e. The number of carbonyl (C=O) groups excluding carboxylic acids is 2. The number of nitrogens with zero attached hydrogens (tertiary/aromatic N) is 1. The molecule has 6 nitrogen and oxygen atoms in total. The normalized spacial score (nSPS) is 10.5. The number of hydrogen-bond acceptors (Lipinski definition) is 5. The van der Waals surface area contributed by atoms with E-state index >= 15 is 0 Å². The minimum Gasteiger partial charge on any atom is -0.482 e. The van der Waals surface area contributed by atoms with Crippen molar-refractivity contribution in [3.05, 3.63) is 58.1 Å². The Morgan fingerprint density at radius 3 is 2.48 bits per heavy atom. The van der Waals surface area contributed by atoms with Gasteiger partial charge in [-0.3, -0.25) is 14.9 Å². The van der Waals surface area contributed by atoms with E-state index in [2.05, 4.69) is 15.6 Å². The van der Waals surface area contributed by atoms with Gasteiger partial charge in [0.15, 0.2) is 11.7 Å². The number of amides is 2. The Labute approximate surface area is 181 Å². The molecule has 1 aromatic heterocycles. The summed E-state index contributed by atoms with van der Waals surface area (Å²) >= 11 is 13.0. The summed E-state index contributed by atoms with van der Waals surface area (Å²) in [4.78, 5) is 28.3. The van der Waals surface area contributed by atoms with E-state index in [1.54, 1.807) is 12.1 Å². The van der Waals surface area contributed by atoms with Crippen LogP contribution in [0.5, 0.6) is 5.75 Å². The number of benzene rings is 2. The average Bonchev–Trinajstić information content (AvgIpc) is 3.03. The van der Waals surface area contributed by atoms with Crippen molar-refractivity contribution in [2.75, 3.05) is 17.2 Å². The highest BCUT2D eigenvalue weighted by Gasteiger charge is 2.16. The van der Waals surface area contributed by atoms with E-state index in [0.717, 1.165) is 11.1 Å². The lowest BCUT2D eigenvalue weighted by Crippen LogP contribution is -2.20. The second-order valence-corrected chi connectivity index (χ2v) is 8.00. The summed E-state index contributed by atoms with van der Waals surface area (Å²) in [6.07, 6.45) is 0. The number of ether oxygens (including phenoxy) is 1. The van der Waals surface area contributed by atoms with Gasteiger partial charge < -0.3 is 10.1 Å². The van der Waals surface area contributed by atoms with E-state index in [0.29, 0.717) is 31.6 Å². The molecule has 9 heteroatoms. The molecule has 29 heavy (non-hydrogen) atoms. The Balaban J connectivity index is 1.73. The molecule has 0 fully saturated rings. The monoisotopic (exact) mass is 449 g/mol. The van der Waals surface area contributed by atoms with Gasteiger partial charge in [0, 0.05) is 17.5 Å². The van der Waals surface area contributed by atoms with Crippen LogP contribution in [0.25, 0.3) is 11.3 Å². The zero-order valence-corrected chi connectivity index (χ0v) is 17.9. The van der Waals surface area contributed by atoms with Crippen molar-refractivity contribution in [1.82, 2.24) is 4.98 Å². The van der Waals surface area contributed by atoms with Gasteiger partial charge in [0.2, 0.25) is 5.91 Å². The van der Waals surface area contributed by atoms with Gasteiger partial charge in [-0.1, -0.05) is 64.4 Å². The maximum atomic E-state index is 12.3. The maximum Gasteiger partial charge on any atom is 0.264 e. The Bertz CT molecular complexity index is 1050. The molecule has 0 spiro atoms. The second kappa shape index (κ2) is 9.26. The van der Waals surface area contributed by atoms with Gasteiger partial charge in [0.05, 0.1) is 5.02 Å². The van der Waals surface area contributed by atoms with Crippen LogP contribution < -0.4 is 15.4 Å². The van der Waals surface area contributed by atoms with Crippen molar-refractivity contribution in [3.63, 3.8) is 0 Å². The Hall–Kier alpha value is -2.61. The van der Waals surface area contributed by atoms with Crippen LogP contribution in [-0.4, -0.2) is 23.4 Å². The fourth-order valence-electron chi connectivity index (χ4n) is 2.42. The standard InChI is InChI=1S/C20H17Cl2N3O3S/c1-11-3-5-13(6-4-11)18-19(23-12(2)26)29-20(25-18)24-17(27)10-28-16-8-7-14(21)9-15(16)22/h3-9H,10H2,1-2H3,(H,23,26)(H,24,25,27). The van der Waals surface area contributed by atoms with Crippen LogP contribution in [0.4, 0.5) is 10.1 Å². The van der Waals surface area contributed by atoms with Crippen molar-refractivity contribution in [2.24, 2.45) is 0 Å². The molecule has 2 amide bonds. The summed E-state index contributed by atoms with van der Waals surface area (Å²) in [5.74, 6) is -0.278. The number of hydrogen-bond donors (Lipinski definition) is 2. The first-order chi connectivity index (χ1) is 13.8. The van der Waals surface area contributed by atoms with Crippen LogP contribution >= 0.6 is 34.5 Å². The fraction of sp³-hybridized carbons (Fsp3) is 0.150. The second-order valence-electron chi connectivity index (χ2n) is 6.16. The first-order valence-corrected chi connectivity index (χ1v) is 10.1. The quantitative estimate of drug-likeness (QED) is 0.527. The van der Waals surface area contributed by atoms with Crippen LogP contribution in [0.3, 0.4) is 0 Å². The van der Waals surface area contributed by atoms with E-state index in [-0.39, 0.29) is 12.5 Å². The first-order valence-electron chi connectivity index (χ1n) is 8.55. The molecule has 3 aromatic rings. The SMILES string of the molecule is CC(=O)Nc1sc(NC(=O)COc2ccc(Cl)cc2Cl)nc1-c1ccc(C)cc1. The van der Waals surface area contributed by atoms with Crippen molar-refractivity contribution >= 4 is 56.5 Å². The number of rotatable bonds is 6. The van der Waals surface area contributed by atoms with Gasteiger partial charge in [-0.2, -0.15) is 0 Å². The van der Waals surface area contributed by atoms with E-state index < -0.39 is 5.91 Å². The molecule has 2 N–H and O–H groups in total. The van der Waals surface area contributed by atoms with E-state index in [1.807, 2.05) is 31.2 Å². The number of halogens is 2. The number of carbonyl (C=O) groups is 2. The lowest BCUT2D eigenvalue weighted by molar-refractivity contribution is -0.118. The molecule has 0 radical (unpaired) electrons. The minimum absolute atomic E-state index is 0.222. The highest BCUT2D eigenvalue weighted by molar-refractivity contribution is 7.20. The van der Waals surface area contributed by atoms with Crippen molar-refractivity contribution in [3.8, 4) is 17.0 Å². The maximum absolute atomic E-state index is 12.3. The van der Waals surface area contributed by atoms with Crippen LogP contribution in [0.15, 0.2) is 42.5 Å². The smallest absolute Gasteiger partial charge is 0.264 e. The van der Waals surface area contributed by atoms with Crippen molar-refractivity contribution in [2.45, 2.75) is 13.8 Å². The third kappa shape index (κ3) is 5.69. The van der Waals surface area contributed by atoms with Crippen molar-refractivity contribution < 1.29 is 14.3 Å². The Morgan fingerprint density at radius 1 is 1.10 bits per heavy atom. The van der Waals surface area contributed by atoms with E-state index in [1.165, 1.54) is 24.3 Å². The first kappa shape index (κ1) is 21.1. The van der Waals surface area contributed by atoms with E-state index in [4.69, 9.17) is 27.9 Å².